The molecular weight excluding hydrogens is 405 g/mol. The molecule has 3 rings (SSSR count). The van der Waals surface area contributed by atoms with Crippen LogP contribution in [-0.2, 0) is 13.0 Å². The van der Waals surface area contributed by atoms with E-state index >= 15 is 0 Å². The topological polar surface area (TPSA) is 39.1 Å². The van der Waals surface area contributed by atoms with Gasteiger partial charge >= 0.3 is 0 Å². The number of benzene rings is 2. The lowest BCUT2D eigenvalue weighted by Gasteiger charge is -2.15. The Kier molecular flexibility index (Phi) is 6.05. The number of nitrogens with zero attached hydrogens (tertiary/aromatic N) is 1. The molecule has 1 aromatic heterocycles. The molecule has 0 aliphatic carbocycles. The zero-order valence-corrected chi connectivity index (χ0v) is 16.8. The highest BCUT2D eigenvalue weighted by atomic mass is 35.5. The Morgan fingerprint density at radius 3 is 2.19 bits per heavy atom. The third kappa shape index (κ3) is 4.44. The average molecular weight is 421 g/mol. The van der Waals surface area contributed by atoms with Gasteiger partial charge in [-0.05, 0) is 48.9 Å². The van der Waals surface area contributed by atoms with E-state index in [0.717, 1.165) is 0 Å². The molecular formula is C21H16Cl3NO2. The summed E-state index contributed by atoms with van der Waals surface area (Å²) in [5, 5.41) is 1.59. The summed E-state index contributed by atoms with van der Waals surface area (Å²) in [7, 11) is 0. The first-order valence-electron chi connectivity index (χ1n) is 8.27. The van der Waals surface area contributed by atoms with Gasteiger partial charge in [-0.3, -0.25) is 9.59 Å². The summed E-state index contributed by atoms with van der Waals surface area (Å²) in [6.45, 7) is 1.94. The molecule has 0 amide bonds. The van der Waals surface area contributed by atoms with Crippen LogP contribution in [0.3, 0.4) is 0 Å². The predicted octanol–water partition coefficient (Wildman–Crippen LogP) is 5.59. The molecule has 6 heteroatoms. The number of hydrogen-bond acceptors (Lipinski definition) is 2. The van der Waals surface area contributed by atoms with Gasteiger partial charge in [0, 0.05) is 50.6 Å². The predicted molar refractivity (Wildman–Crippen MR) is 110 cm³/mol. The van der Waals surface area contributed by atoms with Gasteiger partial charge in [-0.25, -0.2) is 0 Å². The summed E-state index contributed by atoms with van der Waals surface area (Å²) >= 11 is 18.4. The van der Waals surface area contributed by atoms with E-state index in [2.05, 4.69) is 0 Å². The van der Waals surface area contributed by atoms with Crippen molar-refractivity contribution in [2.24, 2.45) is 0 Å². The Hall–Kier alpha value is -2.07. The lowest BCUT2D eigenvalue weighted by atomic mass is 10.0. The SMILES string of the molecule is Cc1c(Cc2c(Cl)cccc2Cl)c(=O)ccn1CC(=O)c1ccc(Cl)cc1. The van der Waals surface area contributed by atoms with Gasteiger partial charge in [-0.1, -0.05) is 40.9 Å². The summed E-state index contributed by atoms with van der Waals surface area (Å²) in [5.41, 5.74) is 2.42. The van der Waals surface area contributed by atoms with E-state index in [-0.39, 0.29) is 17.8 Å². The van der Waals surface area contributed by atoms with E-state index in [1.54, 1.807) is 53.2 Å². The lowest BCUT2D eigenvalue weighted by molar-refractivity contribution is 0.0971. The summed E-state index contributed by atoms with van der Waals surface area (Å²) < 4.78 is 1.76. The Morgan fingerprint density at radius 2 is 1.56 bits per heavy atom. The van der Waals surface area contributed by atoms with Gasteiger partial charge in [0.2, 0.25) is 0 Å². The molecule has 0 N–H and O–H groups in total. The normalized spacial score (nSPS) is 10.8. The maximum absolute atomic E-state index is 12.6. The molecule has 138 valence electrons. The molecule has 0 bridgehead atoms. The van der Waals surface area contributed by atoms with Crippen molar-refractivity contribution in [3.05, 3.63) is 102 Å². The third-order valence-corrected chi connectivity index (χ3v) is 5.43. The molecule has 0 atom stereocenters. The van der Waals surface area contributed by atoms with Crippen LogP contribution in [0.4, 0.5) is 0 Å². The third-order valence-electron chi connectivity index (χ3n) is 4.47. The van der Waals surface area contributed by atoms with Gasteiger partial charge in [-0.2, -0.15) is 0 Å². The fourth-order valence-electron chi connectivity index (χ4n) is 2.87. The molecule has 3 nitrogen and oxygen atoms in total. The van der Waals surface area contributed by atoms with E-state index < -0.39 is 0 Å². The number of Topliss-reactive ketones (excluding diaryl/α,β-unsaturated/α-hetero) is 1. The molecule has 0 saturated carbocycles. The molecule has 2 aromatic carbocycles. The summed E-state index contributed by atoms with van der Waals surface area (Å²) in [4.78, 5) is 25.0. The number of rotatable bonds is 5. The van der Waals surface area contributed by atoms with E-state index in [1.165, 1.54) is 6.07 Å². The lowest BCUT2D eigenvalue weighted by Crippen LogP contribution is -2.20. The fraction of sp³-hybridized carbons (Fsp3) is 0.143. The molecule has 0 unspecified atom stereocenters. The zero-order chi connectivity index (χ0) is 19.6. The Labute approximate surface area is 172 Å². The van der Waals surface area contributed by atoms with E-state index in [9.17, 15) is 9.59 Å². The van der Waals surface area contributed by atoms with Gasteiger partial charge in [0.05, 0.1) is 6.54 Å². The van der Waals surface area contributed by atoms with E-state index in [4.69, 9.17) is 34.8 Å². The van der Waals surface area contributed by atoms with Crippen molar-refractivity contribution in [3.63, 3.8) is 0 Å². The minimum Gasteiger partial charge on any atom is -0.343 e. The second-order valence-corrected chi connectivity index (χ2v) is 7.43. The molecule has 3 aromatic rings. The highest BCUT2D eigenvalue weighted by Crippen LogP contribution is 2.27. The van der Waals surface area contributed by atoms with Crippen LogP contribution in [0.2, 0.25) is 15.1 Å². The van der Waals surface area contributed by atoms with Crippen LogP contribution in [0, 0.1) is 6.92 Å². The molecule has 0 radical (unpaired) electrons. The van der Waals surface area contributed by atoms with Crippen LogP contribution >= 0.6 is 34.8 Å². The van der Waals surface area contributed by atoms with Crippen LogP contribution in [0.1, 0.15) is 27.2 Å². The quantitative estimate of drug-likeness (QED) is 0.505. The minimum absolute atomic E-state index is 0.0693. The molecule has 0 spiro atoms. The first kappa shape index (κ1) is 19.7. The van der Waals surface area contributed by atoms with Crippen LogP contribution < -0.4 is 5.43 Å². The highest BCUT2D eigenvalue weighted by Gasteiger charge is 2.15. The van der Waals surface area contributed by atoms with Gasteiger partial charge in [-0.15, -0.1) is 0 Å². The molecule has 0 aliphatic heterocycles. The maximum atomic E-state index is 12.6. The molecule has 27 heavy (non-hydrogen) atoms. The van der Waals surface area contributed by atoms with Crippen LogP contribution in [0.15, 0.2) is 59.5 Å². The van der Waals surface area contributed by atoms with Crippen molar-refractivity contribution in [1.29, 1.82) is 0 Å². The second-order valence-electron chi connectivity index (χ2n) is 6.18. The van der Waals surface area contributed by atoms with Gasteiger partial charge in [0.15, 0.2) is 11.2 Å². The standard InChI is InChI=1S/C21H16Cl3NO2/c1-13-16(11-17-18(23)3-2-4-19(17)24)20(26)9-10-25(13)12-21(27)14-5-7-15(22)8-6-14/h2-10H,11-12H2,1H3. The first-order valence-corrected chi connectivity index (χ1v) is 9.41. The number of carbonyl (C=O) groups is 1. The number of hydrogen-bond donors (Lipinski definition) is 0. The van der Waals surface area contributed by atoms with Gasteiger partial charge in [0.1, 0.15) is 0 Å². The number of carbonyl (C=O) groups excluding carboxylic acids is 1. The number of halogens is 3. The van der Waals surface area contributed by atoms with Crippen LogP contribution in [0.5, 0.6) is 0 Å². The molecule has 0 saturated heterocycles. The minimum atomic E-state index is -0.112. The van der Waals surface area contributed by atoms with Crippen molar-refractivity contribution in [1.82, 2.24) is 4.57 Å². The summed E-state index contributed by atoms with van der Waals surface area (Å²) in [6.07, 6.45) is 1.93. The molecule has 1 heterocycles. The van der Waals surface area contributed by atoms with Crippen molar-refractivity contribution in [2.45, 2.75) is 19.9 Å². The zero-order valence-electron chi connectivity index (χ0n) is 14.5. The van der Waals surface area contributed by atoms with Crippen LogP contribution in [-0.4, -0.2) is 10.4 Å². The van der Waals surface area contributed by atoms with E-state index in [1.807, 2.05) is 6.92 Å². The maximum Gasteiger partial charge on any atom is 0.185 e. The largest absolute Gasteiger partial charge is 0.343 e. The second kappa shape index (κ2) is 8.30. The van der Waals surface area contributed by atoms with Crippen molar-refractivity contribution < 1.29 is 4.79 Å². The monoisotopic (exact) mass is 419 g/mol. The Bertz CT molecular complexity index is 1040. The number of ketones is 1. The van der Waals surface area contributed by atoms with Crippen molar-refractivity contribution >= 4 is 40.6 Å². The highest BCUT2D eigenvalue weighted by molar-refractivity contribution is 6.36. The Balaban J connectivity index is 1.93. The van der Waals surface area contributed by atoms with Gasteiger partial charge < -0.3 is 4.57 Å². The number of pyridine rings is 1. The molecule has 0 fully saturated rings. The van der Waals surface area contributed by atoms with E-state index in [0.29, 0.717) is 43.9 Å². The van der Waals surface area contributed by atoms with Crippen molar-refractivity contribution in [3.8, 4) is 0 Å². The average Bonchev–Trinajstić information content (AvgIpc) is 2.63. The Morgan fingerprint density at radius 1 is 0.926 bits per heavy atom. The smallest absolute Gasteiger partial charge is 0.185 e. The summed E-state index contributed by atoms with van der Waals surface area (Å²) in [6, 6.07) is 13.4. The van der Waals surface area contributed by atoms with Crippen molar-refractivity contribution in [2.75, 3.05) is 0 Å². The summed E-state index contributed by atoms with van der Waals surface area (Å²) in [5.74, 6) is -0.0693. The number of aromatic nitrogens is 1. The van der Waals surface area contributed by atoms with Gasteiger partial charge in [0.25, 0.3) is 0 Å². The van der Waals surface area contributed by atoms with Crippen LogP contribution in [0.25, 0.3) is 0 Å². The molecule has 0 aliphatic rings. The fourth-order valence-corrected chi connectivity index (χ4v) is 3.52. The first-order chi connectivity index (χ1) is 12.9.